The maximum Gasteiger partial charge on any atom is 0.274 e. The molecule has 6 heteroatoms. The molecule has 0 aromatic heterocycles. The molecule has 2 amide bonds. The van der Waals surface area contributed by atoms with Crippen molar-refractivity contribution in [3.63, 3.8) is 0 Å². The number of halogens is 1. The molecule has 0 aliphatic carbocycles. The number of benzene rings is 2. The number of fused-ring (bicyclic) bond motifs is 1. The lowest BCUT2D eigenvalue weighted by molar-refractivity contribution is -0.142. The number of carbonyl (C=O) groups excluding carboxylic acids is 2. The van der Waals surface area contributed by atoms with Crippen molar-refractivity contribution in [2.45, 2.75) is 12.6 Å². The molecule has 2 aliphatic rings. The zero-order valence-corrected chi connectivity index (χ0v) is 12.6. The van der Waals surface area contributed by atoms with Crippen LogP contribution in [-0.2, 0) is 21.0 Å². The number of amides is 2. The number of carbonyl (C=O) groups is 2. The Hall–Kier alpha value is -3.02. The third-order valence-corrected chi connectivity index (χ3v) is 4.23. The maximum atomic E-state index is 13.1. The highest BCUT2D eigenvalue weighted by Crippen LogP contribution is 2.33. The Balaban J connectivity index is 1.61. The van der Waals surface area contributed by atoms with E-state index in [9.17, 15) is 14.0 Å². The summed E-state index contributed by atoms with van der Waals surface area (Å²) in [5, 5.41) is 3.89. The largest absolute Gasteiger partial charge is 0.381 e. The highest BCUT2D eigenvalue weighted by atomic mass is 19.1. The van der Waals surface area contributed by atoms with Gasteiger partial charge in [-0.25, -0.2) is 4.39 Å². The van der Waals surface area contributed by atoms with Crippen molar-refractivity contribution in [1.82, 2.24) is 4.90 Å². The smallest absolute Gasteiger partial charge is 0.274 e. The zero-order valence-electron chi connectivity index (χ0n) is 12.6. The van der Waals surface area contributed by atoms with E-state index in [2.05, 4.69) is 5.16 Å². The molecular weight excluding hydrogens is 311 g/mol. The number of nitrogens with zero attached hydrogens (tertiary/aromatic N) is 2. The Morgan fingerprint density at radius 2 is 1.71 bits per heavy atom. The van der Waals surface area contributed by atoms with Gasteiger partial charge in [0.05, 0.1) is 6.54 Å². The molecule has 1 fully saturated rings. The van der Waals surface area contributed by atoms with Gasteiger partial charge in [0, 0.05) is 5.56 Å². The summed E-state index contributed by atoms with van der Waals surface area (Å²) in [7, 11) is 0. The van der Waals surface area contributed by atoms with Gasteiger partial charge in [0.25, 0.3) is 5.91 Å². The molecule has 0 bridgehead atoms. The van der Waals surface area contributed by atoms with Crippen LogP contribution in [0.15, 0.2) is 59.8 Å². The standard InChI is InChI=1S/C18H13FN2O3/c19-13-8-6-12(7-9-13)15-14-16(24-20-15)18(23)21(17(14)22)10-11-4-2-1-3-5-11/h1-9,14,16H,10H2/t14-,16-/m0/s1. The topological polar surface area (TPSA) is 59.0 Å². The Labute approximate surface area is 137 Å². The van der Waals surface area contributed by atoms with Crippen LogP contribution in [0.4, 0.5) is 4.39 Å². The van der Waals surface area contributed by atoms with E-state index >= 15 is 0 Å². The van der Waals surface area contributed by atoms with Crippen molar-refractivity contribution in [2.24, 2.45) is 11.1 Å². The summed E-state index contributed by atoms with van der Waals surface area (Å²) in [6, 6.07) is 14.9. The lowest BCUT2D eigenvalue weighted by atomic mass is 9.94. The molecule has 0 unspecified atom stereocenters. The van der Waals surface area contributed by atoms with Crippen LogP contribution < -0.4 is 0 Å². The summed E-state index contributed by atoms with van der Waals surface area (Å²) in [6.07, 6.45) is -0.929. The summed E-state index contributed by atoms with van der Waals surface area (Å²) in [6.45, 7) is 0.200. The molecule has 2 aliphatic heterocycles. The predicted octanol–water partition coefficient (Wildman–Crippen LogP) is 2.11. The van der Waals surface area contributed by atoms with Crippen LogP contribution in [0.1, 0.15) is 11.1 Å². The lowest BCUT2D eigenvalue weighted by Gasteiger charge is -2.15. The molecule has 5 nitrogen and oxygen atoms in total. The second kappa shape index (κ2) is 5.56. The van der Waals surface area contributed by atoms with E-state index in [0.29, 0.717) is 11.3 Å². The van der Waals surface area contributed by atoms with Crippen molar-refractivity contribution >= 4 is 17.5 Å². The second-order valence-electron chi connectivity index (χ2n) is 5.74. The Morgan fingerprint density at radius 3 is 2.42 bits per heavy atom. The molecule has 2 aromatic carbocycles. The van der Waals surface area contributed by atoms with Crippen LogP contribution in [0.3, 0.4) is 0 Å². The molecule has 1 saturated heterocycles. The first-order chi connectivity index (χ1) is 11.6. The van der Waals surface area contributed by atoms with E-state index < -0.39 is 17.9 Å². The van der Waals surface area contributed by atoms with E-state index in [4.69, 9.17) is 4.84 Å². The van der Waals surface area contributed by atoms with Gasteiger partial charge < -0.3 is 4.84 Å². The maximum absolute atomic E-state index is 13.1. The van der Waals surface area contributed by atoms with Gasteiger partial charge in [-0.1, -0.05) is 47.6 Å². The average molecular weight is 324 g/mol. The summed E-state index contributed by atoms with van der Waals surface area (Å²) >= 11 is 0. The van der Waals surface area contributed by atoms with Crippen molar-refractivity contribution < 1.29 is 18.8 Å². The third-order valence-electron chi connectivity index (χ3n) is 4.23. The van der Waals surface area contributed by atoms with E-state index in [-0.39, 0.29) is 18.3 Å². The number of likely N-dealkylation sites (tertiary alicyclic amines) is 1. The first-order valence-corrected chi connectivity index (χ1v) is 7.54. The molecular formula is C18H13FN2O3. The number of rotatable bonds is 3. The Kier molecular flexibility index (Phi) is 3.37. The number of hydrogen-bond acceptors (Lipinski definition) is 4. The van der Waals surface area contributed by atoms with Gasteiger partial charge in [-0.15, -0.1) is 0 Å². The molecule has 2 heterocycles. The molecule has 120 valence electrons. The minimum absolute atomic E-state index is 0.200. The number of oxime groups is 1. The summed E-state index contributed by atoms with van der Waals surface area (Å²) < 4.78 is 13.1. The van der Waals surface area contributed by atoms with Crippen molar-refractivity contribution in [2.75, 3.05) is 0 Å². The summed E-state index contributed by atoms with van der Waals surface area (Å²) in [5.41, 5.74) is 1.81. The summed E-state index contributed by atoms with van der Waals surface area (Å²) in [4.78, 5) is 31.6. The summed E-state index contributed by atoms with van der Waals surface area (Å²) in [5.74, 6) is -1.88. The Bertz CT molecular complexity index is 833. The van der Waals surface area contributed by atoms with E-state index in [1.54, 1.807) is 0 Å². The van der Waals surface area contributed by atoms with Gasteiger partial charge in [0.15, 0.2) is 0 Å². The molecule has 0 spiro atoms. The Morgan fingerprint density at radius 1 is 1.00 bits per heavy atom. The van der Waals surface area contributed by atoms with Crippen LogP contribution in [-0.4, -0.2) is 28.5 Å². The first kappa shape index (κ1) is 14.6. The van der Waals surface area contributed by atoms with Gasteiger partial charge in [-0.05, 0) is 17.7 Å². The highest BCUT2D eigenvalue weighted by Gasteiger charge is 2.55. The molecule has 0 radical (unpaired) electrons. The van der Waals surface area contributed by atoms with Gasteiger partial charge in [-0.2, -0.15) is 0 Å². The van der Waals surface area contributed by atoms with Crippen LogP contribution in [0.5, 0.6) is 0 Å². The SMILES string of the molecule is O=C1[C@H]2C(c3ccc(F)cc3)=NO[C@@H]2C(=O)N1Cc1ccccc1. The molecule has 2 aromatic rings. The quantitative estimate of drug-likeness (QED) is 0.813. The lowest BCUT2D eigenvalue weighted by Crippen LogP contribution is -2.32. The van der Waals surface area contributed by atoms with Gasteiger partial charge in [-0.3, -0.25) is 14.5 Å². The van der Waals surface area contributed by atoms with Gasteiger partial charge in [0.1, 0.15) is 17.4 Å². The normalized spacial score (nSPS) is 22.4. The fourth-order valence-electron chi connectivity index (χ4n) is 3.01. The molecule has 0 N–H and O–H groups in total. The average Bonchev–Trinajstić information content (AvgIpc) is 3.13. The van der Waals surface area contributed by atoms with E-state index in [0.717, 1.165) is 5.56 Å². The molecule has 0 saturated carbocycles. The minimum atomic E-state index is -0.929. The molecule has 4 rings (SSSR count). The first-order valence-electron chi connectivity index (χ1n) is 7.54. The van der Waals surface area contributed by atoms with Crippen molar-refractivity contribution in [3.8, 4) is 0 Å². The molecule has 2 atom stereocenters. The van der Waals surface area contributed by atoms with Gasteiger partial charge in [0.2, 0.25) is 12.0 Å². The fraction of sp³-hybridized carbons (Fsp3) is 0.167. The number of imide groups is 1. The van der Waals surface area contributed by atoms with Crippen LogP contribution in [0, 0.1) is 11.7 Å². The second-order valence-corrected chi connectivity index (χ2v) is 5.74. The van der Waals surface area contributed by atoms with Crippen LogP contribution >= 0.6 is 0 Å². The van der Waals surface area contributed by atoms with E-state index in [1.807, 2.05) is 30.3 Å². The van der Waals surface area contributed by atoms with Crippen LogP contribution in [0.2, 0.25) is 0 Å². The van der Waals surface area contributed by atoms with Crippen LogP contribution in [0.25, 0.3) is 0 Å². The van der Waals surface area contributed by atoms with Crippen molar-refractivity contribution in [3.05, 3.63) is 71.5 Å². The minimum Gasteiger partial charge on any atom is -0.381 e. The predicted molar refractivity (Wildman–Crippen MR) is 83.3 cm³/mol. The van der Waals surface area contributed by atoms with E-state index in [1.165, 1.54) is 29.2 Å². The monoisotopic (exact) mass is 324 g/mol. The number of hydrogen-bond donors (Lipinski definition) is 0. The van der Waals surface area contributed by atoms with Crippen molar-refractivity contribution in [1.29, 1.82) is 0 Å². The van der Waals surface area contributed by atoms with Gasteiger partial charge >= 0.3 is 0 Å². The highest BCUT2D eigenvalue weighted by molar-refractivity contribution is 6.23. The molecule has 24 heavy (non-hydrogen) atoms. The zero-order chi connectivity index (χ0) is 16.7. The third kappa shape index (κ3) is 2.27. The fourth-order valence-corrected chi connectivity index (χ4v) is 3.01.